The molecular formula is C14H19N3S. The highest BCUT2D eigenvalue weighted by molar-refractivity contribution is 7.98. The van der Waals surface area contributed by atoms with Gasteiger partial charge in [-0.3, -0.25) is 4.68 Å². The van der Waals surface area contributed by atoms with Gasteiger partial charge in [0.25, 0.3) is 0 Å². The van der Waals surface area contributed by atoms with Crippen molar-refractivity contribution in [3.63, 3.8) is 0 Å². The van der Waals surface area contributed by atoms with E-state index in [4.69, 9.17) is 5.73 Å². The minimum atomic E-state index is 0.642. The fourth-order valence-electron chi connectivity index (χ4n) is 2.21. The van der Waals surface area contributed by atoms with E-state index in [2.05, 4.69) is 42.5 Å². The molecule has 1 heterocycles. The third-order valence-electron chi connectivity index (χ3n) is 3.13. The summed E-state index contributed by atoms with van der Waals surface area (Å²) in [4.78, 5) is 1.28. The summed E-state index contributed by atoms with van der Waals surface area (Å²) in [5.41, 5.74) is 10.3. The molecule has 0 atom stereocenters. The second-order valence-corrected chi connectivity index (χ2v) is 5.19. The lowest BCUT2D eigenvalue weighted by atomic mass is 10.1. The number of aromatic nitrogens is 2. The lowest BCUT2D eigenvalue weighted by Crippen LogP contribution is -2.04. The van der Waals surface area contributed by atoms with Gasteiger partial charge in [-0.05, 0) is 37.4 Å². The molecule has 0 saturated carbocycles. The lowest BCUT2D eigenvalue weighted by Gasteiger charge is -2.05. The smallest absolute Gasteiger partial charge is 0.0711 e. The second kappa shape index (κ2) is 5.59. The van der Waals surface area contributed by atoms with Crippen LogP contribution in [0.4, 0.5) is 0 Å². The van der Waals surface area contributed by atoms with Crippen LogP contribution in [0, 0.1) is 6.92 Å². The first-order chi connectivity index (χ1) is 8.67. The highest BCUT2D eigenvalue weighted by Crippen LogP contribution is 2.27. The third kappa shape index (κ3) is 2.44. The van der Waals surface area contributed by atoms with Gasteiger partial charge in [-0.15, -0.1) is 11.8 Å². The van der Waals surface area contributed by atoms with Gasteiger partial charge in [0.05, 0.1) is 11.4 Å². The number of nitrogens with zero attached hydrogens (tertiary/aromatic N) is 2. The van der Waals surface area contributed by atoms with Crippen molar-refractivity contribution in [2.75, 3.05) is 12.8 Å². The molecule has 0 bridgehead atoms. The Hall–Kier alpha value is -1.26. The quantitative estimate of drug-likeness (QED) is 0.860. The number of aryl methyl sites for hydroxylation is 1. The molecule has 18 heavy (non-hydrogen) atoms. The van der Waals surface area contributed by atoms with Crippen molar-refractivity contribution >= 4 is 11.8 Å². The molecule has 0 aliphatic carbocycles. The van der Waals surface area contributed by atoms with Crippen molar-refractivity contribution in [1.82, 2.24) is 9.78 Å². The van der Waals surface area contributed by atoms with Crippen LogP contribution in [0.15, 0.2) is 29.2 Å². The first kappa shape index (κ1) is 13.2. The Morgan fingerprint density at radius 3 is 2.50 bits per heavy atom. The maximum atomic E-state index is 5.61. The van der Waals surface area contributed by atoms with Gasteiger partial charge < -0.3 is 5.73 Å². The molecule has 0 unspecified atom stereocenters. The van der Waals surface area contributed by atoms with Crippen molar-refractivity contribution in [3.8, 4) is 11.3 Å². The number of nitrogens with two attached hydrogens (primary N) is 1. The van der Waals surface area contributed by atoms with E-state index in [-0.39, 0.29) is 0 Å². The highest BCUT2D eigenvalue weighted by Gasteiger charge is 2.13. The van der Waals surface area contributed by atoms with Gasteiger partial charge >= 0.3 is 0 Å². The van der Waals surface area contributed by atoms with Crippen molar-refractivity contribution in [2.45, 2.75) is 18.2 Å². The summed E-state index contributed by atoms with van der Waals surface area (Å²) in [6, 6.07) is 8.61. The van der Waals surface area contributed by atoms with Gasteiger partial charge in [0.2, 0.25) is 0 Å². The predicted octanol–water partition coefficient (Wildman–Crippen LogP) is 2.62. The molecule has 1 aromatic carbocycles. The summed E-state index contributed by atoms with van der Waals surface area (Å²) in [6.07, 6.45) is 2.92. The van der Waals surface area contributed by atoms with E-state index in [0.717, 1.165) is 12.1 Å². The Kier molecular flexibility index (Phi) is 4.09. The topological polar surface area (TPSA) is 43.8 Å². The van der Waals surface area contributed by atoms with Crippen LogP contribution in [0.3, 0.4) is 0 Å². The summed E-state index contributed by atoms with van der Waals surface area (Å²) in [5.74, 6) is 0. The van der Waals surface area contributed by atoms with Gasteiger partial charge in [0.15, 0.2) is 0 Å². The summed E-state index contributed by atoms with van der Waals surface area (Å²) in [5, 5.41) is 4.55. The van der Waals surface area contributed by atoms with E-state index in [0.29, 0.717) is 6.54 Å². The highest BCUT2D eigenvalue weighted by atomic mass is 32.2. The maximum absolute atomic E-state index is 5.61. The second-order valence-electron chi connectivity index (χ2n) is 4.31. The SMILES string of the molecule is CSc1ccc(-c2c(C)c(CCN)nn2C)cc1. The molecule has 0 aliphatic rings. The largest absolute Gasteiger partial charge is 0.330 e. The average molecular weight is 261 g/mol. The summed E-state index contributed by atoms with van der Waals surface area (Å²) in [7, 11) is 1.99. The van der Waals surface area contributed by atoms with Gasteiger partial charge in [-0.1, -0.05) is 12.1 Å². The minimum Gasteiger partial charge on any atom is -0.330 e. The first-order valence-corrected chi connectivity index (χ1v) is 7.26. The van der Waals surface area contributed by atoms with E-state index >= 15 is 0 Å². The minimum absolute atomic E-state index is 0.642. The predicted molar refractivity (Wildman–Crippen MR) is 77.9 cm³/mol. The zero-order valence-electron chi connectivity index (χ0n) is 11.1. The van der Waals surface area contributed by atoms with Crippen molar-refractivity contribution in [3.05, 3.63) is 35.5 Å². The Morgan fingerprint density at radius 1 is 1.28 bits per heavy atom. The lowest BCUT2D eigenvalue weighted by molar-refractivity contribution is 0.745. The first-order valence-electron chi connectivity index (χ1n) is 6.04. The molecule has 3 nitrogen and oxygen atoms in total. The van der Waals surface area contributed by atoms with E-state index in [9.17, 15) is 0 Å². The maximum Gasteiger partial charge on any atom is 0.0711 e. The van der Waals surface area contributed by atoms with Crippen LogP contribution >= 0.6 is 11.8 Å². The zero-order valence-corrected chi connectivity index (χ0v) is 11.9. The fraction of sp³-hybridized carbons (Fsp3) is 0.357. The molecular weight excluding hydrogens is 242 g/mol. The molecule has 96 valence electrons. The number of benzene rings is 1. The molecule has 0 radical (unpaired) electrons. The van der Waals surface area contributed by atoms with Gasteiger partial charge in [0.1, 0.15) is 0 Å². The third-order valence-corrected chi connectivity index (χ3v) is 3.87. The van der Waals surface area contributed by atoms with E-state index in [1.807, 2.05) is 11.7 Å². The Morgan fingerprint density at radius 2 is 1.94 bits per heavy atom. The van der Waals surface area contributed by atoms with Crippen LogP contribution in [0.1, 0.15) is 11.3 Å². The molecule has 1 aromatic heterocycles. The fourth-order valence-corrected chi connectivity index (χ4v) is 2.62. The van der Waals surface area contributed by atoms with Crippen LogP contribution in [0.5, 0.6) is 0 Å². The zero-order chi connectivity index (χ0) is 13.1. The van der Waals surface area contributed by atoms with Crippen LogP contribution < -0.4 is 5.73 Å². The molecule has 0 spiro atoms. The standard InChI is InChI=1S/C14H19N3S/c1-10-13(8-9-15)16-17(2)14(10)11-4-6-12(18-3)7-5-11/h4-7H,8-9,15H2,1-3H3. The monoisotopic (exact) mass is 261 g/mol. The average Bonchev–Trinajstić information content (AvgIpc) is 2.65. The van der Waals surface area contributed by atoms with Crippen molar-refractivity contribution in [2.24, 2.45) is 12.8 Å². The summed E-state index contributed by atoms with van der Waals surface area (Å²) < 4.78 is 1.95. The van der Waals surface area contributed by atoms with Gasteiger partial charge in [0, 0.05) is 23.9 Å². The number of hydrogen-bond acceptors (Lipinski definition) is 3. The normalized spacial score (nSPS) is 10.9. The number of hydrogen-bond donors (Lipinski definition) is 1. The molecule has 0 amide bonds. The van der Waals surface area contributed by atoms with Gasteiger partial charge in [-0.2, -0.15) is 5.10 Å². The Bertz CT molecular complexity index is 529. The molecule has 0 aliphatic heterocycles. The molecule has 2 rings (SSSR count). The van der Waals surface area contributed by atoms with Crippen LogP contribution in [0.25, 0.3) is 11.3 Å². The summed E-state index contributed by atoms with van der Waals surface area (Å²) in [6.45, 7) is 2.76. The van der Waals surface area contributed by atoms with E-state index in [1.165, 1.54) is 21.7 Å². The summed E-state index contributed by atoms with van der Waals surface area (Å²) >= 11 is 1.76. The molecule has 4 heteroatoms. The Labute approximate surface area is 112 Å². The van der Waals surface area contributed by atoms with Gasteiger partial charge in [-0.25, -0.2) is 0 Å². The molecule has 0 saturated heterocycles. The Balaban J connectivity index is 2.43. The van der Waals surface area contributed by atoms with Crippen LogP contribution in [0.2, 0.25) is 0 Å². The van der Waals surface area contributed by atoms with Crippen molar-refractivity contribution < 1.29 is 0 Å². The van der Waals surface area contributed by atoms with Crippen LogP contribution in [-0.2, 0) is 13.5 Å². The number of thioether (sulfide) groups is 1. The van der Waals surface area contributed by atoms with Crippen LogP contribution in [-0.4, -0.2) is 22.6 Å². The van der Waals surface area contributed by atoms with Crippen molar-refractivity contribution in [1.29, 1.82) is 0 Å². The molecule has 2 N–H and O–H groups in total. The van der Waals surface area contributed by atoms with E-state index < -0.39 is 0 Å². The number of rotatable bonds is 4. The molecule has 2 aromatic rings. The van der Waals surface area contributed by atoms with E-state index in [1.54, 1.807) is 11.8 Å². The molecule has 0 fully saturated rings.